The number of alkyl halides is 6. The van der Waals surface area contributed by atoms with E-state index in [0.29, 0.717) is 21.2 Å². The lowest BCUT2D eigenvalue weighted by Gasteiger charge is -2.28. The Hall–Kier alpha value is -3.52. The number of thiophene rings is 1. The first-order valence-corrected chi connectivity index (χ1v) is 11.7. The SMILES string of the molecule is NC(=O)c1sc2cc(Cn3cc(C(O)(C4CC4)C(F)(F)F)nn3)ccc2c1-c1ccc(C(F)(F)F)nc1. The quantitative estimate of drug-likeness (QED) is 0.339. The van der Waals surface area contributed by atoms with E-state index in [-0.39, 0.29) is 29.8 Å². The van der Waals surface area contributed by atoms with Gasteiger partial charge in [-0.3, -0.25) is 9.78 Å². The lowest BCUT2D eigenvalue weighted by atomic mass is 9.93. The van der Waals surface area contributed by atoms with Gasteiger partial charge in [0.25, 0.3) is 5.91 Å². The standard InChI is InChI=1S/C23H17F6N5O2S/c24-22(25,26)16-6-2-12(8-31-16)18-14-5-1-11(7-15(14)37-19(18)20(30)35)9-34-10-17(32-33-34)21(36,13-3-4-13)23(27,28)29/h1-2,5-8,10,13,36H,3-4,9H2,(H2,30,35). The summed E-state index contributed by atoms with van der Waals surface area (Å²) in [4.78, 5) is 15.7. The van der Waals surface area contributed by atoms with Crippen LogP contribution in [-0.4, -0.2) is 37.2 Å². The van der Waals surface area contributed by atoms with Crippen molar-refractivity contribution in [3.8, 4) is 11.1 Å². The second-order valence-corrected chi connectivity index (χ2v) is 9.82. The zero-order chi connectivity index (χ0) is 26.8. The molecule has 0 aliphatic heterocycles. The molecule has 1 amide bonds. The summed E-state index contributed by atoms with van der Waals surface area (Å²) in [6, 6.07) is 6.96. The Morgan fingerprint density at radius 2 is 1.84 bits per heavy atom. The van der Waals surface area contributed by atoms with E-state index in [1.165, 1.54) is 10.7 Å². The number of aromatic nitrogens is 4. The van der Waals surface area contributed by atoms with Crippen LogP contribution in [0.25, 0.3) is 21.2 Å². The van der Waals surface area contributed by atoms with Gasteiger partial charge in [0.05, 0.1) is 12.7 Å². The van der Waals surface area contributed by atoms with Gasteiger partial charge in [0.2, 0.25) is 5.60 Å². The van der Waals surface area contributed by atoms with Crippen molar-refractivity contribution in [3.05, 3.63) is 64.6 Å². The van der Waals surface area contributed by atoms with Crippen LogP contribution in [0.3, 0.4) is 0 Å². The van der Waals surface area contributed by atoms with Crippen LogP contribution in [0.15, 0.2) is 42.7 Å². The van der Waals surface area contributed by atoms with E-state index in [1.807, 2.05) is 0 Å². The molecule has 14 heteroatoms. The molecular formula is C23H17F6N5O2S. The van der Waals surface area contributed by atoms with Crippen molar-refractivity contribution in [1.29, 1.82) is 0 Å². The van der Waals surface area contributed by atoms with Crippen molar-refractivity contribution in [1.82, 2.24) is 20.0 Å². The van der Waals surface area contributed by atoms with Gasteiger partial charge in [-0.15, -0.1) is 16.4 Å². The number of carbonyl (C=O) groups is 1. The van der Waals surface area contributed by atoms with Gasteiger partial charge in [-0.2, -0.15) is 26.3 Å². The van der Waals surface area contributed by atoms with E-state index >= 15 is 0 Å². The van der Waals surface area contributed by atoms with Crippen LogP contribution in [0.5, 0.6) is 0 Å². The zero-order valence-electron chi connectivity index (χ0n) is 18.6. The highest BCUT2D eigenvalue weighted by Gasteiger charge is 2.64. The first-order chi connectivity index (χ1) is 17.3. The fourth-order valence-corrected chi connectivity index (χ4v) is 5.37. The number of benzene rings is 1. The van der Waals surface area contributed by atoms with Gasteiger partial charge < -0.3 is 10.8 Å². The Kier molecular flexibility index (Phi) is 5.79. The van der Waals surface area contributed by atoms with E-state index in [1.54, 1.807) is 18.2 Å². The van der Waals surface area contributed by atoms with Gasteiger partial charge in [0.1, 0.15) is 16.3 Å². The number of fused-ring (bicyclic) bond motifs is 1. The molecule has 5 rings (SSSR count). The first-order valence-electron chi connectivity index (χ1n) is 10.9. The van der Waals surface area contributed by atoms with Gasteiger partial charge in [-0.1, -0.05) is 23.4 Å². The molecule has 37 heavy (non-hydrogen) atoms. The number of pyridine rings is 1. The molecule has 1 aliphatic carbocycles. The zero-order valence-corrected chi connectivity index (χ0v) is 19.5. The second-order valence-electron chi connectivity index (χ2n) is 8.77. The molecule has 0 bridgehead atoms. The molecular weight excluding hydrogens is 524 g/mol. The van der Waals surface area contributed by atoms with E-state index < -0.39 is 41.2 Å². The number of carbonyl (C=O) groups excluding carboxylic acids is 1. The lowest BCUT2D eigenvalue weighted by Crippen LogP contribution is -2.44. The van der Waals surface area contributed by atoms with Gasteiger partial charge in [-0.25, -0.2) is 4.68 Å². The van der Waals surface area contributed by atoms with Gasteiger partial charge in [0.15, 0.2) is 0 Å². The smallest absolute Gasteiger partial charge is 0.375 e. The highest BCUT2D eigenvalue weighted by atomic mass is 32.1. The minimum Gasteiger partial charge on any atom is -0.375 e. The molecule has 1 fully saturated rings. The van der Waals surface area contributed by atoms with Gasteiger partial charge in [0, 0.05) is 33.3 Å². The van der Waals surface area contributed by atoms with Crippen LogP contribution in [0.4, 0.5) is 26.3 Å². The molecule has 7 nitrogen and oxygen atoms in total. The minimum absolute atomic E-state index is 0.0164. The summed E-state index contributed by atoms with van der Waals surface area (Å²) in [5, 5.41) is 18.3. The number of halogens is 6. The summed E-state index contributed by atoms with van der Waals surface area (Å²) in [5.74, 6) is -1.74. The van der Waals surface area contributed by atoms with Crippen molar-refractivity contribution in [3.63, 3.8) is 0 Å². The molecule has 1 aromatic carbocycles. The second kappa shape index (κ2) is 8.52. The van der Waals surface area contributed by atoms with Crippen molar-refractivity contribution < 1.29 is 36.2 Å². The predicted molar refractivity (Wildman–Crippen MR) is 120 cm³/mol. The van der Waals surface area contributed by atoms with E-state index in [0.717, 1.165) is 29.8 Å². The van der Waals surface area contributed by atoms with E-state index in [9.17, 15) is 36.2 Å². The molecule has 1 atom stereocenters. The van der Waals surface area contributed by atoms with Gasteiger partial charge >= 0.3 is 12.4 Å². The minimum atomic E-state index is -4.90. The molecule has 3 N–H and O–H groups in total. The number of amides is 1. The fourth-order valence-electron chi connectivity index (χ4n) is 4.23. The normalized spacial score (nSPS) is 16.2. The van der Waals surface area contributed by atoms with Crippen molar-refractivity contribution in [2.75, 3.05) is 0 Å². The monoisotopic (exact) mass is 541 g/mol. The molecule has 1 aliphatic rings. The molecule has 0 saturated heterocycles. The molecule has 3 aromatic heterocycles. The number of hydrogen-bond donors (Lipinski definition) is 2. The molecule has 1 saturated carbocycles. The van der Waals surface area contributed by atoms with Crippen LogP contribution in [0.2, 0.25) is 0 Å². The number of nitrogens with zero attached hydrogens (tertiary/aromatic N) is 4. The van der Waals surface area contributed by atoms with Crippen LogP contribution >= 0.6 is 11.3 Å². The van der Waals surface area contributed by atoms with Crippen LogP contribution in [-0.2, 0) is 18.3 Å². The third kappa shape index (κ3) is 4.44. The third-order valence-corrected chi connectivity index (χ3v) is 7.36. The maximum absolute atomic E-state index is 13.6. The molecule has 3 heterocycles. The van der Waals surface area contributed by atoms with E-state index in [2.05, 4.69) is 15.3 Å². The lowest BCUT2D eigenvalue weighted by molar-refractivity contribution is -0.277. The van der Waals surface area contributed by atoms with Crippen LogP contribution < -0.4 is 5.73 Å². The summed E-state index contributed by atoms with van der Waals surface area (Å²) in [6.07, 6.45) is -6.98. The maximum atomic E-state index is 13.6. The maximum Gasteiger partial charge on any atom is 0.433 e. The molecule has 4 aromatic rings. The van der Waals surface area contributed by atoms with Crippen LogP contribution in [0, 0.1) is 5.92 Å². The van der Waals surface area contributed by atoms with Crippen molar-refractivity contribution in [2.24, 2.45) is 11.7 Å². The summed E-state index contributed by atoms with van der Waals surface area (Å²) >= 11 is 1.03. The predicted octanol–water partition coefficient (Wildman–Crippen LogP) is 4.88. The average Bonchev–Trinajstić information content (AvgIpc) is 3.45. The van der Waals surface area contributed by atoms with Crippen LogP contribution in [0.1, 0.15) is 39.5 Å². The summed E-state index contributed by atoms with van der Waals surface area (Å²) in [6.45, 7) is 0.0164. The Balaban J connectivity index is 1.47. The Bertz CT molecular complexity index is 1490. The Morgan fingerprint density at radius 1 is 1.11 bits per heavy atom. The molecule has 0 spiro atoms. The number of hydrogen-bond acceptors (Lipinski definition) is 6. The Labute approximate surface area is 208 Å². The topological polar surface area (TPSA) is 107 Å². The summed E-state index contributed by atoms with van der Waals surface area (Å²) < 4.78 is 81.2. The average molecular weight is 541 g/mol. The van der Waals surface area contributed by atoms with Crippen molar-refractivity contribution in [2.45, 2.75) is 37.3 Å². The van der Waals surface area contributed by atoms with Gasteiger partial charge in [-0.05, 0) is 30.5 Å². The highest BCUT2D eigenvalue weighted by molar-refractivity contribution is 7.21. The molecule has 194 valence electrons. The summed E-state index contributed by atoms with van der Waals surface area (Å²) in [7, 11) is 0. The third-order valence-electron chi connectivity index (χ3n) is 6.19. The largest absolute Gasteiger partial charge is 0.433 e. The molecule has 1 unspecified atom stereocenters. The highest BCUT2D eigenvalue weighted by Crippen LogP contribution is 2.53. The van der Waals surface area contributed by atoms with E-state index in [4.69, 9.17) is 5.73 Å². The number of aliphatic hydroxyl groups is 1. The Morgan fingerprint density at radius 3 is 2.41 bits per heavy atom. The van der Waals surface area contributed by atoms with Crippen molar-refractivity contribution >= 4 is 27.3 Å². The number of primary amides is 1. The summed E-state index contributed by atoms with van der Waals surface area (Å²) in [5.41, 5.74) is 2.00. The fraction of sp³-hybridized carbons (Fsp3) is 0.304. The molecule has 0 radical (unpaired) electrons. The first kappa shape index (κ1) is 25.1. The number of rotatable bonds is 6. The number of nitrogens with two attached hydrogens (primary N) is 1.